The van der Waals surface area contributed by atoms with Crippen LogP contribution in [0.3, 0.4) is 0 Å². The molecular weight excluding hydrogens is 164 g/mol. The van der Waals surface area contributed by atoms with E-state index in [1.54, 1.807) is 0 Å². The number of amides is 1. The molecule has 1 atom stereocenters. The summed E-state index contributed by atoms with van der Waals surface area (Å²) in [6, 6.07) is 0. The lowest BCUT2D eigenvalue weighted by molar-refractivity contribution is -0.125. The standard InChI is InChI=1S/C10H20N2O/c1-9(2,3)7-10(8(11)13)5-4-6-12-10/h12H,4-7H2,1-3H3,(H2,11,13). The van der Waals surface area contributed by atoms with Crippen molar-refractivity contribution in [1.29, 1.82) is 0 Å². The number of carbonyl (C=O) groups excluding carboxylic acids is 1. The molecule has 1 aliphatic rings. The van der Waals surface area contributed by atoms with Gasteiger partial charge in [-0.1, -0.05) is 20.8 Å². The van der Waals surface area contributed by atoms with E-state index in [1.165, 1.54) is 0 Å². The van der Waals surface area contributed by atoms with Crippen LogP contribution in [0.2, 0.25) is 0 Å². The van der Waals surface area contributed by atoms with E-state index in [9.17, 15) is 4.79 Å². The number of rotatable bonds is 2. The molecular formula is C10H20N2O. The van der Waals surface area contributed by atoms with E-state index in [0.29, 0.717) is 0 Å². The van der Waals surface area contributed by atoms with Crippen molar-refractivity contribution in [1.82, 2.24) is 5.32 Å². The van der Waals surface area contributed by atoms with Gasteiger partial charge in [0.15, 0.2) is 0 Å². The van der Waals surface area contributed by atoms with Crippen molar-refractivity contribution < 1.29 is 4.79 Å². The largest absolute Gasteiger partial charge is 0.368 e. The molecule has 0 saturated carbocycles. The zero-order valence-electron chi connectivity index (χ0n) is 8.81. The maximum absolute atomic E-state index is 11.4. The second-order valence-electron chi connectivity index (χ2n) is 5.21. The van der Waals surface area contributed by atoms with Crippen molar-refractivity contribution in [2.24, 2.45) is 11.1 Å². The van der Waals surface area contributed by atoms with Crippen LogP contribution in [0.25, 0.3) is 0 Å². The van der Waals surface area contributed by atoms with Crippen molar-refractivity contribution in [3.05, 3.63) is 0 Å². The Bertz CT molecular complexity index is 199. The summed E-state index contributed by atoms with van der Waals surface area (Å²) < 4.78 is 0. The Balaban J connectivity index is 2.74. The van der Waals surface area contributed by atoms with E-state index in [2.05, 4.69) is 26.1 Å². The van der Waals surface area contributed by atoms with Gasteiger partial charge in [-0.25, -0.2) is 0 Å². The quantitative estimate of drug-likeness (QED) is 0.673. The number of nitrogens with one attached hydrogen (secondary N) is 1. The number of hydrogen-bond donors (Lipinski definition) is 2. The topological polar surface area (TPSA) is 55.1 Å². The van der Waals surface area contributed by atoms with Crippen molar-refractivity contribution in [2.75, 3.05) is 6.54 Å². The van der Waals surface area contributed by atoms with Crippen molar-refractivity contribution in [2.45, 2.75) is 45.6 Å². The Hall–Kier alpha value is -0.570. The second kappa shape index (κ2) is 3.29. The highest BCUT2D eigenvalue weighted by Crippen LogP contribution is 2.32. The zero-order valence-corrected chi connectivity index (χ0v) is 8.81. The van der Waals surface area contributed by atoms with E-state index >= 15 is 0 Å². The van der Waals surface area contributed by atoms with Gasteiger partial charge >= 0.3 is 0 Å². The van der Waals surface area contributed by atoms with Gasteiger partial charge < -0.3 is 11.1 Å². The highest BCUT2D eigenvalue weighted by atomic mass is 16.1. The minimum Gasteiger partial charge on any atom is -0.368 e. The fraction of sp³-hybridized carbons (Fsp3) is 0.900. The van der Waals surface area contributed by atoms with E-state index in [0.717, 1.165) is 25.8 Å². The molecule has 0 spiro atoms. The summed E-state index contributed by atoms with van der Waals surface area (Å²) in [6.07, 6.45) is 2.77. The van der Waals surface area contributed by atoms with Gasteiger partial charge in [-0.05, 0) is 31.2 Å². The molecule has 0 radical (unpaired) electrons. The summed E-state index contributed by atoms with van der Waals surface area (Å²) in [7, 11) is 0. The van der Waals surface area contributed by atoms with Crippen molar-refractivity contribution in [3.8, 4) is 0 Å². The van der Waals surface area contributed by atoms with Crippen LogP contribution >= 0.6 is 0 Å². The molecule has 76 valence electrons. The van der Waals surface area contributed by atoms with Crippen LogP contribution in [-0.4, -0.2) is 18.0 Å². The SMILES string of the molecule is CC(C)(C)CC1(C(N)=O)CCCN1. The minimum absolute atomic E-state index is 0.145. The first kappa shape index (κ1) is 10.5. The Morgan fingerprint density at radius 2 is 2.15 bits per heavy atom. The van der Waals surface area contributed by atoms with Gasteiger partial charge in [0.1, 0.15) is 0 Å². The molecule has 13 heavy (non-hydrogen) atoms. The van der Waals surface area contributed by atoms with Gasteiger partial charge in [-0.2, -0.15) is 0 Å². The lowest BCUT2D eigenvalue weighted by Gasteiger charge is -2.32. The molecule has 1 rings (SSSR count). The Morgan fingerprint density at radius 1 is 1.54 bits per heavy atom. The van der Waals surface area contributed by atoms with Crippen LogP contribution in [0.1, 0.15) is 40.0 Å². The third kappa shape index (κ3) is 2.44. The predicted molar refractivity (Wildman–Crippen MR) is 53.2 cm³/mol. The van der Waals surface area contributed by atoms with Crippen LogP contribution in [-0.2, 0) is 4.79 Å². The molecule has 3 N–H and O–H groups in total. The molecule has 1 unspecified atom stereocenters. The fourth-order valence-electron chi connectivity index (χ4n) is 2.16. The maximum atomic E-state index is 11.4. The second-order valence-corrected chi connectivity index (χ2v) is 5.21. The van der Waals surface area contributed by atoms with Gasteiger partial charge in [0.25, 0.3) is 0 Å². The van der Waals surface area contributed by atoms with Gasteiger partial charge in [-0.15, -0.1) is 0 Å². The van der Waals surface area contributed by atoms with Crippen molar-refractivity contribution in [3.63, 3.8) is 0 Å². The van der Waals surface area contributed by atoms with E-state index in [4.69, 9.17) is 5.73 Å². The average molecular weight is 184 g/mol. The van der Waals surface area contributed by atoms with Crippen LogP contribution in [0.15, 0.2) is 0 Å². The van der Waals surface area contributed by atoms with E-state index in [1.807, 2.05) is 0 Å². The third-order valence-corrected chi connectivity index (χ3v) is 2.55. The minimum atomic E-state index is -0.432. The molecule has 0 bridgehead atoms. The monoisotopic (exact) mass is 184 g/mol. The van der Waals surface area contributed by atoms with Crippen LogP contribution in [0.4, 0.5) is 0 Å². The molecule has 1 fully saturated rings. The Labute approximate surface area is 80.1 Å². The maximum Gasteiger partial charge on any atom is 0.237 e. The average Bonchev–Trinajstić information content (AvgIpc) is 2.33. The summed E-state index contributed by atoms with van der Waals surface area (Å²) in [6.45, 7) is 7.33. The highest BCUT2D eigenvalue weighted by Gasteiger charge is 2.41. The molecule has 1 amide bonds. The number of hydrogen-bond acceptors (Lipinski definition) is 2. The molecule has 3 heteroatoms. The lowest BCUT2D eigenvalue weighted by Crippen LogP contribution is -2.53. The molecule has 0 aromatic carbocycles. The first-order chi connectivity index (χ1) is 5.86. The summed E-state index contributed by atoms with van der Waals surface area (Å²) >= 11 is 0. The van der Waals surface area contributed by atoms with Gasteiger partial charge in [0.2, 0.25) is 5.91 Å². The van der Waals surface area contributed by atoms with Gasteiger partial charge in [0.05, 0.1) is 5.54 Å². The van der Waals surface area contributed by atoms with Crippen LogP contribution in [0, 0.1) is 5.41 Å². The summed E-state index contributed by atoms with van der Waals surface area (Å²) in [5, 5.41) is 3.25. The smallest absolute Gasteiger partial charge is 0.237 e. The molecule has 1 heterocycles. The normalized spacial score (nSPS) is 29.2. The molecule has 1 aliphatic heterocycles. The summed E-state index contributed by atoms with van der Waals surface area (Å²) in [5.74, 6) is -0.195. The molecule has 0 aliphatic carbocycles. The highest BCUT2D eigenvalue weighted by molar-refractivity contribution is 5.85. The molecule has 0 aromatic rings. The lowest BCUT2D eigenvalue weighted by atomic mass is 9.78. The number of nitrogens with two attached hydrogens (primary N) is 1. The Morgan fingerprint density at radius 3 is 2.46 bits per heavy atom. The molecule has 3 nitrogen and oxygen atoms in total. The van der Waals surface area contributed by atoms with E-state index in [-0.39, 0.29) is 11.3 Å². The van der Waals surface area contributed by atoms with Crippen molar-refractivity contribution >= 4 is 5.91 Å². The summed E-state index contributed by atoms with van der Waals surface area (Å²) in [5.41, 5.74) is 5.15. The zero-order chi connectivity index (χ0) is 10.1. The fourth-order valence-corrected chi connectivity index (χ4v) is 2.16. The van der Waals surface area contributed by atoms with Gasteiger partial charge in [-0.3, -0.25) is 4.79 Å². The number of carbonyl (C=O) groups is 1. The molecule has 0 aromatic heterocycles. The first-order valence-corrected chi connectivity index (χ1v) is 4.91. The van der Waals surface area contributed by atoms with E-state index < -0.39 is 5.54 Å². The third-order valence-electron chi connectivity index (χ3n) is 2.55. The first-order valence-electron chi connectivity index (χ1n) is 4.91. The van der Waals surface area contributed by atoms with Crippen LogP contribution < -0.4 is 11.1 Å². The van der Waals surface area contributed by atoms with Gasteiger partial charge in [0, 0.05) is 0 Å². The summed E-state index contributed by atoms with van der Waals surface area (Å²) in [4.78, 5) is 11.4. The number of primary amides is 1. The predicted octanol–water partition coefficient (Wildman–Crippen LogP) is 1.03. The Kier molecular flexibility index (Phi) is 2.66. The molecule has 1 saturated heterocycles. The van der Waals surface area contributed by atoms with Crippen LogP contribution in [0.5, 0.6) is 0 Å².